The van der Waals surface area contributed by atoms with Crippen molar-refractivity contribution in [2.45, 2.75) is 64.2 Å². The van der Waals surface area contributed by atoms with Crippen molar-refractivity contribution in [2.75, 3.05) is 13.2 Å². The lowest BCUT2D eigenvalue weighted by Gasteiger charge is -2.28. The molecule has 0 aromatic carbocycles. The molecule has 1 heterocycles. The van der Waals surface area contributed by atoms with Gasteiger partial charge in [-0.15, -0.1) is 0 Å². The Labute approximate surface area is 126 Å². The van der Waals surface area contributed by atoms with Crippen LogP contribution < -0.4 is 5.32 Å². The van der Waals surface area contributed by atoms with Crippen molar-refractivity contribution in [3.63, 3.8) is 0 Å². The molecule has 2 N–H and O–H groups in total. The second-order valence-electron chi connectivity index (χ2n) is 6.05. The van der Waals surface area contributed by atoms with Gasteiger partial charge in [0.05, 0.1) is 6.61 Å². The first-order valence-corrected chi connectivity index (χ1v) is 8.11. The summed E-state index contributed by atoms with van der Waals surface area (Å²) in [5.41, 5.74) is 0. The van der Waals surface area contributed by atoms with E-state index in [-0.39, 0.29) is 24.7 Å². The fourth-order valence-electron chi connectivity index (χ4n) is 2.85. The van der Waals surface area contributed by atoms with Crippen molar-refractivity contribution in [1.29, 1.82) is 0 Å². The van der Waals surface area contributed by atoms with Gasteiger partial charge < -0.3 is 19.9 Å². The van der Waals surface area contributed by atoms with E-state index in [4.69, 9.17) is 14.6 Å². The van der Waals surface area contributed by atoms with Crippen LogP contribution in [0.25, 0.3) is 0 Å². The first-order valence-electron chi connectivity index (χ1n) is 8.11. The van der Waals surface area contributed by atoms with E-state index < -0.39 is 0 Å². The lowest BCUT2D eigenvalue weighted by Crippen LogP contribution is -2.37. The van der Waals surface area contributed by atoms with E-state index in [1.807, 2.05) is 6.08 Å². The summed E-state index contributed by atoms with van der Waals surface area (Å²) in [5.74, 6) is 0.552. The molecule has 1 amide bonds. The summed E-state index contributed by atoms with van der Waals surface area (Å²) in [4.78, 5) is 12.2. The number of ether oxygens (including phenoxy) is 2. The molecule has 5 nitrogen and oxygen atoms in total. The Morgan fingerprint density at radius 3 is 2.90 bits per heavy atom. The topological polar surface area (TPSA) is 67.8 Å². The summed E-state index contributed by atoms with van der Waals surface area (Å²) in [6, 6.07) is 0.295. The maximum absolute atomic E-state index is 12.2. The predicted molar refractivity (Wildman–Crippen MR) is 79.4 cm³/mol. The van der Waals surface area contributed by atoms with E-state index in [9.17, 15) is 4.79 Å². The van der Waals surface area contributed by atoms with Crippen LogP contribution in [0.15, 0.2) is 11.8 Å². The Morgan fingerprint density at radius 1 is 1.43 bits per heavy atom. The summed E-state index contributed by atoms with van der Waals surface area (Å²) in [7, 11) is 0. The van der Waals surface area contributed by atoms with Crippen molar-refractivity contribution in [3.05, 3.63) is 11.8 Å². The summed E-state index contributed by atoms with van der Waals surface area (Å²) in [6.07, 6.45) is 8.34. The average Bonchev–Trinajstić information content (AvgIpc) is 2.96. The molecule has 1 aliphatic carbocycles. The Hall–Kier alpha value is -1.07. The van der Waals surface area contributed by atoms with Gasteiger partial charge in [-0.25, -0.2) is 0 Å². The fourth-order valence-corrected chi connectivity index (χ4v) is 2.85. The molecule has 0 aromatic heterocycles. The molecular weight excluding hydrogens is 270 g/mol. The summed E-state index contributed by atoms with van der Waals surface area (Å²) in [6.45, 7) is 2.80. The van der Waals surface area contributed by atoms with Gasteiger partial charge >= 0.3 is 0 Å². The largest absolute Gasteiger partial charge is 0.459 e. The van der Waals surface area contributed by atoms with Crippen LogP contribution in [-0.2, 0) is 14.3 Å². The minimum Gasteiger partial charge on any atom is -0.459 e. The first kappa shape index (κ1) is 16.3. The van der Waals surface area contributed by atoms with Crippen LogP contribution in [0.1, 0.15) is 51.9 Å². The number of amides is 1. The molecule has 2 aliphatic rings. The van der Waals surface area contributed by atoms with E-state index in [1.54, 1.807) is 0 Å². The van der Waals surface area contributed by atoms with E-state index >= 15 is 0 Å². The van der Waals surface area contributed by atoms with Crippen LogP contribution in [0.4, 0.5) is 0 Å². The molecule has 0 bridgehead atoms. The highest BCUT2D eigenvalue weighted by atomic mass is 16.7. The van der Waals surface area contributed by atoms with Gasteiger partial charge in [-0.05, 0) is 37.7 Å². The lowest BCUT2D eigenvalue weighted by molar-refractivity contribution is -0.149. The monoisotopic (exact) mass is 297 g/mol. The molecule has 0 spiro atoms. The molecule has 0 radical (unpaired) electrons. The zero-order valence-electron chi connectivity index (χ0n) is 12.8. The number of aliphatic hydroxyl groups is 1. The SMILES string of the molecule is C[C@@H]1C=C(C(=O)NC2CCCC2)O[C@H](OCCCCO)C1. The number of hydrogen-bond acceptors (Lipinski definition) is 4. The van der Waals surface area contributed by atoms with Gasteiger partial charge in [0.25, 0.3) is 5.91 Å². The molecule has 0 aromatic rings. The number of carbonyl (C=O) groups excluding carboxylic acids is 1. The zero-order valence-corrected chi connectivity index (χ0v) is 12.8. The Morgan fingerprint density at radius 2 is 2.19 bits per heavy atom. The number of nitrogens with one attached hydrogen (secondary N) is 1. The second kappa shape index (κ2) is 8.39. The van der Waals surface area contributed by atoms with Crippen molar-refractivity contribution in [2.24, 2.45) is 5.92 Å². The fraction of sp³-hybridized carbons (Fsp3) is 0.812. The Balaban J connectivity index is 1.79. The van der Waals surface area contributed by atoms with Crippen LogP contribution in [0, 0.1) is 5.92 Å². The van der Waals surface area contributed by atoms with Crippen LogP contribution >= 0.6 is 0 Å². The molecule has 1 fully saturated rings. The van der Waals surface area contributed by atoms with Gasteiger partial charge in [-0.2, -0.15) is 0 Å². The highest BCUT2D eigenvalue weighted by molar-refractivity contribution is 5.91. The highest BCUT2D eigenvalue weighted by Gasteiger charge is 2.27. The zero-order chi connectivity index (χ0) is 15.1. The lowest BCUT2D eigenvalue weighted by atomic mass is 10.0. The summed E-state index contributed by atoms with van der Waals surface area (Å²) < 4.78 is 11.3. The van der Waals surface area contributed by atoms with Crippen LogP contribution in [-0.4, -0.2) is 36.6 Å². The third kappa shape index (κ3) is 5.32. The molecule has 21 heavy (non-hydrogen) atoms. The predicted octanol–water partition coefficient (Wildman–Crippen LogP) is 2.10. The number of aliphatic hydroxyl groups excluding tert-OH is 1. The van der Waals surface area contributed by atoms with Crippen molar-refractivity contribution < 1.29 is 19.4 Å². The molecule has 1 aliphatic heterocycles. The average molecular weight is 297 g/mol. The third-order valence-electron chi connectivity index (χ3n) is 4.03. The molecule has 2 rings (SSSR count). The van der Waals surface area contributed by atoms with Crippen LogP contribution in [0.5, 0.6) is 0 Å². The third-order valence-corrected chi connectivity index (χ3v) is 4.03. The maximum Gasteiger partial charge on any atom is 0.286 e. The van der Waals surface area contributed by atoms with Crippen LogP contribution in [0.2, 0.25) is 0 Å². The number of rotatable bonds is 7. The van der Waals surface area contributed by atoms with Gasteiger partial charge in [0, 0.05) is 19.1 Å². The van der Waals surface area contributed by atoms with Gasteiger partial charge in [0.1, 0.15) is 0 Å². The van der Waals surface area contributed by atoms with E-state index in [0.717, 1.165) is 32.1 Å². The number of hydrogen-bond donors (Lipinski definition) is 2. The summed E-state index contributed by atoms with van der Waals surface area (Å²) >= 11 is 0. The molecule has 0 saturated heterocycles. The second-order valence-corrected chi connectivity index (χ2v) is 6.05. The van der Waals surface area contributed by atoms with Crippen molar-refractivity contribution >= 4 is 5.91 Å². The molecule has 5 heteroatoms. The van der Waals surface area contributed by atoms with E-state index in [1.165, 1.54) is 12.8 Å². The molecule has 0 unspecified atom stereocenters. The quantitative estimate of drug-likeness (QED) is 0.706. The van der Waals surface area contributed by atoms with Crippen molar-refractivity contribution in [1.82, 2.24) is 5.32 Å². The standard InChI is InChI=1S/C16H27NO4/c1-12-10-14(16(19)17-13-6-2-3-7-13)21-15(11-12)20-9-5-4-8-18/h10,12-13,15,18H,2-9,11H2,1H3,(H,17,19)/t12-,15+/m1/s1. The number of allylic oxidation sites excluding steroid dienone is 1. The number of unbranched alkanes of at least 4 members (excludes halogenated alkanes) is 1. The van der Waals surface area contributed by atoms with E-state index in [2.05, 4.69) is 12.2 Å². The molecule has 1 saturated carbocycles. The van der Waals surface area contributed by atoms with Gasteiger partial charge in [0.2, 0.25) is 6.29 Å². The normalized spacial score (nSPS) is 26.3. The molecule has 2 atom stereocenters. The van der Waals surface area contributed by atoms with Crippen LogP contribution in [0.3, 0.4) is 0 Å². The molecule has 120 valence electrons. The Bertz CT molecular complexity index is 363. The Kier molecular flexibility index (Phi) is 6.51. The smallest absolute Gasteiger partial charge is 0.286 e. The van der Waals surface area contributed by atoms with Gasteiger partial charge in [-0.3, -0.25) is 4.79 Å². The van der Waals surface area contributed by atoms with Crippen molar-refractivity contribution in [3.8, 4) is 0 Å². The van der Waals surface area contributed by atoms with E-state index in [0.29, 0.717) is 18.4 Å². The minimum absolute atomic E-state index is 0.114. The highest BCUT2D eigenvalue weighted by Crippen LogP contribution is 2.24. The van der Waals surface area contributed by atoms with Gasteiger partial charge in [-0.1, -0.05) is 19.8 Å². The first-order chi connectivity index (χ1) is 10.2. The number of carbonyl (C=O) groups is 1. The minimum atomic E-state index is -0.354. The summed E-state index contributed by atoms with van der Waals surface area (Å²) in [5, 5.41) is 11.8. The molecular formula is C16H27NO4. The maximum atomic E-state index is 12.2. The van der Waals surface area contributed by atoms with Gasteiger partial charge in [0.15, 0.2) is 5.76 Å².